The van der Waals surface area contributed by atoms with E-state index in [1.807, 2.05) is 38.1 Å². The van der Waals surface area contributed by atoms with Gasteiger partial charge in [-0.15, -0.1) is 10.2 Å². The van der Waals surface area contributed by atoms with Gasteiger partial charge < -0.3 is 19.4 Å². The van der Waals surface area contributed by atoms with Gasteiger partial charge in [0, 0.05) is 25.6 Å². The first-order chi connectivity index (χ1) is 12.0. The normalized spacial score (nSPS) is 11.8. The van der Waals surface area contributed by atoms with Crippen LogP contribution in [-0.4, -0.2) is 34.3 Å². The van der Waals surface area contributed by atoms with Crippen LogP contribution in [0, 0.1) is 0 Å². The third-order valence-electron chi connectivity index (χ3n) is 3.84. The molecule has 0 saturated carbocycles. The number of nitrogens with zero attached hydrogens (tertiary/aromatic N) is 3. The molecule has 0 radical (unpaired) electrons. The molecular formula is C18H26N4O3. The number of urea groups is 1. The molecule has 0 unspecified atom stereocenters. The number of aromatic nitrogens is 2. The predicted octanol–water partition coefficient (Wildman–Crippen LogP) is 3.15. The molecule has 0 aliphatic carbocycles. The van der Waals surface area contributed by atoms with Crippen LogP contribution < -0.4 is 10.1 Å². The third kappa shape index (κ3) is 5.48. The van der Waals surface area contributed by atoms with Crippen molar-refractivity contribution >= 4 is 6.03 Å². The average Bonchev–Trinajstić information content (AvgIpc) is 3.08. The van der Waals surface area contributed by atoms with Crippen molar-refractivity contribution in [3.63, 3.8) is 0 Å². The van der Waals surface area contributed by atoms with Gasteiger partial charge in [0.15, 0.2) is 0 Å². The molecule has 1 aromatic carbocycles. The summed E-state index contributed by atoms with van der Waals surface area (Å²) in [6, 6.07) is 7.51. The molecule has 0 fully saturated rings. The van der Waals surface area contributed by atoms with Crippen LogP contribution >= 0.6 is 0 Å². The third-order valence-corrected chi connectivity index (χ3v) is 3.84. The fourth-order valence-corrected chi connectivity index (χ4v) is 2.14. The topological polar surface area (TPSA) is 80.5 Å². The number of benzene rings is 1. The molecule has 0 saturated heterocycles. The Morgan fingerprint density at radius 3 is 2.68 bits per heavy atom. The van der Waals surface area contributed by atoms with Crippen molar-refractivity contribution in [2.75, 3.05) is 7.05 Å². The van der Waals surface area contributed by atoms with E-state index in [0.29, 0.717) is 24.7 Å². The maximum absolute atomic E-state index is 12.3. The number of nitrogens with one attached hydrogen (secondary N) is 1. The summed E-state index contributed by atoms with van der Waals surface area (Å²) in [5.74, 6) is 1.79. The average molecular weight is 346 g/mol. The number of rotatable bonds is 8. The molecule has 25 heavy (non-hydrogen) atoms. The zero-order chi connectivity index (χ0) is 18.2. The van der Waals surface area contributed by atoms with Crippen molar-refractivity contribution in [1.29, 1.82) is 0 Å². The van der Waals surface area contributed by atoms with Crippen LogP contribution in [0.25, 0.3) is 0 Å². The van der Waals surface area contributed by atoms with Gasteiger partial charge in [-0.2, -0.15) is 0 Å². The smallest absolute Gasteiger partial charge is 0.317 e. The van der Waals surface area contributed by atoms with E-state index in [1.54, 1.807) is 7.05 Å². The number of aryl methyl sites for hydroxylation is 1. The summed E-state index contributed by atoms with van der Waals surface area (Å²) < 4.78 is 11.3. The van der Waals surface area contributed by atoms with E-state index >= 15 is 0 Å². The Bertz CT molecular complexity index is 686. The van der Waals surface area contributed by atoms with Crippen molar-refractivity contribution in [3.05, 3.63) is 41.6 Å². The second-order valence-electron chi connectivity index (χ2n) is 5.90. The molecule has 0 aliphatic heterocycles. The number of amides is 2. The largest absolute Gasteiger partial charge is 0.490 e. The first-order valence-corrected chi connectivity index (χ1v) is 8.58. The quantitative estimate of drug-likeness (QED) is 0.794. The monoisotopic (exact) mass is 346 g/mol. The summed E-state index contributed by atoms with van der Waals surface area (Å²) in [5.41, 5.74) is 0.940. The first-order valence-electron chi connectivity index (χ1n) is 8.58. The van der Waals surface area contributed by atoms with Crippen LogP contribution in [0.2, 0.25) is 0 Å². The van der Waals surface area contributed by atoms with E-state index in [2.05, 4.69) is 22.4 Å². The molecule has 7 nitrogen and oxygen atoms in total. The number of ether oxygens (including phenoxy) is 1. The standard InChI is InChI=1S/C18H26N4O3/c1-5-13(3)24-15-10-8-7-9-14(15)11-19-18(23)22(4)12-17-21-20-16(6-2)25-17/h7-10,13H,5-6,11-12H2,1-4H3,(H,19,23)/t13-/m0/s1. The van der Waals surface area contributed by atoms with Crippen LogP contribution in [0.5, 0.6) is 5.75 Å². The Morgan fingerprint density at radius 1 is 1.28 bits per heavy atom. The van der Waals surface area contributed by atoms with Crippen LogP contribution in [0.1, 0.15) is 44.5 Å². The molecule has 7 heteroatoms. The highest BCUT2D eigenvalue weighted by molar-refractivity contribution is 5.73. The van der Waals surface area contributed by atoms with E-state index in [9.17, 15) is 4.79 Å². The minimum atomic E-state index is -0.213. The second-order valence-corrected chi connectivity index (χ2v) is 5.90. The number of hydrogen-bond acceptors (Lipinski definition) is 5. The predicted molar refractivity (Wildman–Crippen MR) is 94.2 cm³/mol. The first kappa shape index (κ1) is 18.8. The number of hydrogen-bond donors (Lipinski definition) is 1. The van der Waals surface area contributed by atoms with E-state index in [1.165, 1.54) is 4.90 Å². The van der Waals surface area contributed by atoms with Crippen LogP contribution in [0.4, 0.5) is 4.79 Å². The van der Waals surface area contributed by atoms with E-state index in [4.69, 9.17) is 9.15 Å². The SMILES string of the molecule is CCc1nnc(CN(C)C(=O)NCc2ccccc2O[C@@H](C)CC)o1. The highest BCUT2D eigenvalue weighted by Gasteiger charge is 2.14. The summed E-state index contributed by atoms with van der Waals surface area (Å²) in [5, 5.41) is 10.7. The molecule has 136 valence electrons. The highest BCUT2D eigenvalue weighted by atomic mass is 16.5. The van der Waals surface area contributed by atoms with Crippen molar-refractivity contribution in [3.8, 4) is 5.75 Å². The molecule has 0 spiro atoms. The molecule has 1 heterocycles. The Kier molecular flexibility index (Phi) is 6.80. The van der Waals surface area contributed by atoms with Crippen molar-refractivity contribution < 1.29 is 13.9 Å². The van der Waals surface area contributed by atoms with Gasteiger partial charge in [-0.3, -0.25) is 0 Å². The van der Waals surface area contributed by atoms with E-state index < -0.39 is 0 Å². The molecule has 2 aromatic rings. The number of para-hydroxylation sites is 1. The van der Waals surface area contributed by atoms with E-state index in [-0.39, 0.29) is 18.7 Å². The molecule has 2 rings (SSSR count). The highest BCUT2D eigenvalue weighted by Crippen LogP contribution is 2.20. The van der Waals surface area contributed by atoms with E-state index in [0.717, 1.165) is 17.7 Å². The van der Waals surface area contributed by atoms with Gasteiger partial charge in [-0.05, 0) is 19.4 Å². The maximum atomic E-state index is 12.3. The number of carbonyl (C=O) groups is 1. The summed E-state index contributed by atoms with van der Waals surface area (Å²) in [4.78, 5) is 13.8. The molecule has 0 bridgehead atoms. The van der Waals surface area contributed by atoms with Crippen molar-refractivity contribution in [2.24, 2.45) is 0 Å². The minimum absolute atomic E-state index is 0.129. The minimum Gasteiger partial charge on any atom is -0.490 e. The zero-order valence-electron chi connectivity index (χ0n) is 15.3. The fourth-order valence-electron chi connectivity index (χ4n) is 2.14. The van der Waals surface area contributed by atoms with Crippen molar-refractivity contribution in [2.45, 2.75) is 52.8 Å². The zero-order valence-corrected chi connectivity index (χ0v) is 15.3. The van der Waals surface area contributed by atoms with Gasteiger partial charge in [0.1, 0.15) is 12.3 Å². The maximum Gasteiger partial charge on any atom is 0.317 e. The molecule has 1 aromatic heterocycles. The van der Waals surface area contributed by atoms with Crippen LogP contribution in [0.3, 0.4) is 0 Å². The molecule has 1 atom stereocenters. The lowest BCUT2D eigenvalue weighted by molar-refractivity contribution is 0.200. The number of carbonyl (C=O) groups excluding carboxylic acids is 1. The Balaban J connectivity index is 1.90. The second kappa shape index (κ2) is 9.05. The Labute approximate surface area is 148 Å². The molecule has 1 N–H and O–H groups in total. The summed E-state index contributed by atoms with van der Waals surface area (Å²) in [7, 11) is 1.69. The lowest BCUT2D eigenvalue weighted by atomic mass is 10.2. The van der Waals surface area contributed by atoms with Gasteiger partial charge in [0.2, 0.25) is 11.8 Å². The van der Waals surface area contributed by atoms with Gasteiger partial charge >= 0.3 is 6.03 Å². The Hall–Kier alpha value is -2.57. The van der Waals surface area contributed by atoms with Crippen molar-refractivity contribution in [1.82, 2.24) is 20.4 Å². The van der Waals surface area contributed by atoms with Crippen LogP contribution in [-0.2, 0) is 19.5 Å². The Morgan fingerprint density at radius 2 is 2.00 bits per heavy atom. The van der Waals surface area contributed by atoms with Crippen LogP contribution in [0.15, 0.2) is 28.7 Å². The fraction of sp³-hybridized carbons (Fsp3) is 0.500. The lowest BCUT2D eigenvalue weighted by Crippen LogP contribution is -2.36. The summed E-state index contributed by atoms with van der Waals surface area (Å²) in [6.45, 7) is 6.69. The van der Waals surface area contributed by atoms with Gasteiger partial charge in [-0.25, -0.2) is 4.79 Å². The lowest BCUT2D eigenvalue weighted by Gasteiger charge is -2.18. The van der Waals surface area contributed by atoms with Gasteiger partial charge in [0.25, 0.3) is 0 Å². The van der Waals surface area contributed by atoms with Gasteiger partial charge in [0.05, 0.1) is 6.10 Å². The summed E-state index contributed by atoms with van der Waals surface area (Å²) >= 11 is 0. The molecule has 0 aliphatic rings. The van der Waals surface area contributed by atoms with Gasteiger partial charge in [-0.1, -0.05) is 32.0 Å². The summed E-state index contributed by atoms with van der Waals surface area (Å²) in [6.07, 6.45) is 1.73. The molecular weight excluding hydrogens is 320 g/mol. The molecule has 2 amide bonds.